The summed E-state index contributed by atoms with van der Waals surface area (Å²) in [5.74, 6) is 0. The molecule has 0 aromatic carbocycles. The highest BCUT2D eigenvalue weighted by molar-refractivity contribution is 8.00. The zero-order valence-electron chi connectivity index (χ0n) is 10.4. The van der Waals surface area contributed by atoms with Crippen molar-refractivity contribution in [1.82, 2.24) is 0 Å². The van der Waals surface area contributed by atoms with E-state index in [0.29, 0.717) is 6.10 Å². The van der Waals surface area contributed by atoms with E-state index < -0.39 is 0 Å². The lowest BCUT2D eigenvalue weighted by Gasteiger charge is -2.30. The zero-order chi connectivity index (χ0) is 11.0. The van der Waals surface area contributed by atoms with Gasteiger partial charge in [0.1, 0.15) is 0 Å². The third kappa shape index (κ3) is 5.26. The monoisotopic (exact) mass is 218 g/mol. The maximum Gasteiger partial charge on any atom is 0.0689 e. The number of methoxy groups -OCH3 is 1. The average Bonchev–Trinajstić information content (AvgIpc) is 2.21. The molecule has 0 saturated heterocycles. The van der Waals surface area contributed by atoms with Crippen molar-refractivity contribution in [3.05, 3.63) is 0 Å². The Kier molecular flexibility index (Phi) is 8.80. The molecule has 1 rings (SSSR count). The van der Waals surface area contributed by atoms with E-state index >= 15 is 0 Å². The van der Waals surface area contributed by atoms with Crippen molar-refractivity contribution in [1.29, 1.82) is 0 Å². The van der Waals surface area contributed by atoms with Crippen LogP contribution < -0.4 is 0 Å². The van der Waals surface area contributed by atoms with Gasteiger partial charge in [0, 0.05) is 12.4 Å². The number of ether oxygens (including phenoxy) is 1. The summed E-state index contributed by atoms with van der Waals surface area (Å²) in [5, 5.41) is 1.49. The van der Waals surface area contributed by atoms with E-state index in [-0.39, 0.29) is 0 Å². The lowest BCUT2D eigenvalue weighted by molar-refractivity contribution is 0.0762. The molecule has 0 spiro atoms. The minimum atomic E-state index is 0.520. The van der Waals surface area contributed by atoms with Gasteiger partial charge in [-0.15, -0.1) is 0 Å². The standard InChI is InChI=1S/C10H20OS.C2H6/c1-8(2)12-10-7-5-4-6-9(10)11-3;1-2/h8-10H,4-7H2,1-3H3;1-2H3. The molecule has 0 bridgehead atoms. The molecule has 1 nitrogen and oxygen atoms in total. The van der Waals surface area contributed by atoms with Gasteiger partial charge in [-0.25, -0.2) is 0 Å². The van der Waals surface area contributed by atoms with Crippen molar-refractivity contribution in [3.63, 3.8) is 0 Å². The Morgan fingerprint density at radius 2 is 1.71 bits per heavy atom. The molecule has 1 aliphatic carbocycles. The van der Waals surface area contributed by atoms with Crippen molar-refractivity contribution in [3.8, 4) is 0 Å². The summed E-state index contributed by atoms with van der Waals surface area (Å²) >= 11 is 2.08. The van der Waals surface area contributed by atoms with Crippen LogP contribution in [0.2, 0.25) is 0 Å². The van der Waals surface area contributed by atoms with Gasteiger partial charge in [0.2, 0.25) is 0 Å². The van der Waals surface area contributed by atoms with Gasteiger partial charge in [-0.1, -0.05) is 40.5 Å². The Morgan fingerprint density at radius 1 is 1.14 bits per heavy atom. The van der Waals surface area contributed by atoms with Crippen LogP contribution >= 0.6 is 11.8 Å². The number of hydrogen-bond acceptors (Lipinski definition) is 2. The fraction of sp³-hybridized carbons (Fsp3) is 1.00. The van der Waals surface area contributed by atoms with Crippen LogP contribution in [-0.2, 0) is 4.74 Å². The quantitative estimate of drug-likeness (QED) is 0.705. The molecule has 2 atom stereocenters. The molecule has 2 unspecified atom stereocenters. The molecule has 0 aromatic rings. The first-order valence-corrected chi connectivity index (χ1v) is 6.86. The van der Waals surface area contributed by atoms with Gasteiger partial charge >= 0.3 is 0 Å². The third-order valence-corrected chi connectivity index (χ3v) is 3.82. The minimum Gasteiger partial charge on any atom is -0.380 e. The summed E-state index contributed by atoms with van der Waals surface area (Å²) in [4.78, 5) is 0. The Bertz CT molecular complexity index is 125. The lowest BCUT2D eigenvalue weighted by atomic mass is 9.97. The van der Waals surface area contributed by atoms with E-state index in [1.807, 2.05) is 21.0 Å². The summed E-state index contributed by atoms with van der Waals surface area (Å²) in [5.41, 5.74) is 0. The maximum absolute atomic E-state index is 5.48. The summed E-state index contributed by atoms with van der Waals surface area (Å²) in [6.07, 6.45) is 5.88. The Morgan fingerprint density at radius 3 is 2.21 bits per heavy atom. The van der Waals surface area contributed by atoms with Crippen LogP contribution in [0.1, 0.15) is 53.4 Å². The van der Waals surface area contributed by atoms with Crippen molar-refractivity contribution < 1.29 is 4.74 Å². The molecule has 14 heavy (non-hydrogen) atoms. The van der Waals surface area contributed by atoms with E-state index in [1.165, 1.54) is 25.7 Å². The molecule has 0 N–H and O–H groups in total. The van der Waals surface area contributed by atoms with Gasteiger partial charge in [-0.05, 0) is 18.1 Å². The summed E-state index contributed by atoms with van der Waals surface area (Å²) in [6, 6.07) is 0. The van der Waals surface area contributed by atoms with Crippen LogP contribution in [-0.4, -0.2) is 23.7 Å². The van der Waals surface area contributed by atoms with Gasteiger partial charge in [0.25, 0.3) is 0 Å². The van der Waals surface area contributed by atoms with Crippen LogP contribution in [0.4, 0.5) is 0 Å². The van der Waals surface area contributed by atoms with E-state index in [1.54, 1.807) is 0 Å². The summed E-state index contributed by atoms with van der Waals surface area (Å²) in [6.45, 7) is 8.54. The molecule has 0 aromatic heterocycles. The van der Waals surface area contributed by atoms with Crippen LogP contribution in [0, 0.1) is 0 Å². The van der Waals surface area contributed by atoms with E-state index in [9.17, 15) is 0 Å². The lowest BCUT2D eigenvalue weighted by Crippen LogP contribution is -2.30. The fourth-order valence-corrected chi connectivity index (χ4v) is 3.26. The fourth-order valence-electron chi connectivity index (χ4n) is 1.84. The second-order valence-corrected chi connectivity index (χ2v) is 5.60. The number of hydrogen-bond donors (Lipinski definition) is 0. The van der Waals surface area contributed by atoms with Gasteiger partial charge in [0.15, 0.2) is 0 Å². The molecular weight excluding hydrogens is 192 g/mol. The molecule has 1 aliphatic rings. The van der Waals surface area contributed by atoms with Crippen LogP contribution in [0.25, 0.3) is 0 Å². The Labute approximate surface area is 94.0 Å². The summed E-state index contributed by atoms with van der Waals surface area (Å²) < 4.78 is 5.48. The molecule has 0 heterocycles. The van der Waals surface area contributed by atoms with E-state index in [0.717, 1.165) is 10.5 Å². The predicted octanol–water partition coefficient (Wildman–Crippen LogP) is 4.11. The normalized spacial score (nSPS) is 27.0. The first kappa shape index (κ1) is 14.3. The van der Waals surface area contributed by atoms with Crippen LogP contribution in [0.3, 0.4) is 0 Å². The molecule has 1 fully saturated rings. The smallest absolute Gasteiger partial charge is 0.0689 e. The van der Waals surface area contributed by atoms with Gasteiger partial charge in [0.05, 0.1) is 6.10 Å². The van der Waals surface area contributed by atoms with Crippen molar-refractivity contribution in [2.75, 3.05) is 7.11 Å². The third-order valence-electron chi connectivity index (χ3n) is 2.39. The minimum absolute atomic E-state index is 0.520. The predicted molar refractivity (Wildman–Crippen MR) is 67.1 cm³/mol. The first-order valence-electron chi connectivity index (χ1n) is 5.92. The highest BCUT2D eigenvalue weighted by Gasteiger charge is 2.25. The van der Waals surface area contributed by atoms with Crippen molar-refractivity contribution in [2.24, 2.45) is 0 Å². The van der Waals surface area contributed by atoms with Crippen molar-refractivity contribution in [2.45, 2.75) is 70.0 Å². The highest BCUT2D eigenvalue weighted by Crippen LogP contribution is 2.32. The molecule has 0 radical (unpaired) electrons. The second-order valence-electron chi connectivity index (χ2n) is 3.78. The largest absolute Gasteiger partial charge is 0.380 e. The SMILES string of the molecule is CC.COC1CCCCC1SC(C)C. The second kappa shape index (κ2) is 8.60. The molecule has 0 amide bonds. The van der Waals surface area contributed by atoms with Gasteiger partial charge < -0.3 is 4.74 Å². The van der Waals surface area contributed by atoms with Crippen molar-refractivity contribution >= 4 is 11.8 Å². The summed E-state index contributed by atoms with van der Waals surface area (Å²) in [7, 11) is 1.85. The van der Waals surface area contributed by atoms with E-state index in [2.05, 4.69) is 25.6 Å². The molecule has 86 valence electrons. The Hall–Kier alpha value is 0.310. The van der Waals surface area contributed by atoms with Gasteiger partial charge in [-0.3, -0.25) is 0 Å². The topological polar surface area (TPSA) is 9.23 Å². The molecule has 0 aliphatic heterocycles. The molecule has 1 saturated carbocycles. The van der Waals surface area contributed by atoms with Crippen LogP contribution in [0.5, 0.6) is 0 Å². The number of thioether (sulfide) groups is 1. The average molecular weight is 218 g/mol. The highest BCUT2D eigenvalue weighted by atomic mass is 32.2. The Balaban J connectivity index is 0.000000791. The molecule has 2 heteroatoms. The number of rotatable bonds is 3. The molecular formula is C12H26OS. The first-order chi connectivity index (χ1) is 6.74. The van der Waals surface area contributed by atoms with Crippen LogP contribution in [0.15, 0.2) is 0 Å². The zero-order valence-corrected chi connectivity index (χ0v) is 11.2. The van der Waals surface area contributed by atoms with Gasteiger partial charge in [-0.2, -0.15) is 11.8 Å². The van der Waals surface area contributed by atoms with E-state index in [4.69, 9.17) is 4.74 Å². The maximum atomic E-state index is 5.48.